The smallest absolute Gasteiger partial charge is 0.338 e. The third kappa shape index (κ3) is 3.96. The molecule has 0 unspecified atom stereocenters. The second-order valence-electron chi connectivity index (χ2n) is 6.12. The van der Waals surface area contributed by atoms with Gasteiger partial charge in [0, 0.05) is 31.0 Å². The van der Waals surface area contributed by atoms with E-state index in [4.69, 9.17) is 4.74 Å². The van der Waals surface area contributed by atoms with Crippen molar-refractivity contribution in [3.8, 4) is 0 Å². The fourth-order valence-electron chi connectivity index (χ4n) is 2.74. The summed E-state index contributed by atoms with van der Waals surface area (Å²) in [5.74, 6) is -1.04. The predicted octanol–water partition coefficient (Wildman–Crippen LogP) is 2.94. The molecule has 0 aliphatic heterocycles. The number of aryl methyl sites for hydroxylation is 1. The number of nitrogens with zero attached hydrogens (tertiary/aromatic N) is 1. The lowest BCUT2D eigenvalue weighted by atomic mass is 10.1. The third-order valence-corrected chi connectivity index (χ3v) is 4.02. The summed E-state index contributed by atoms with van der Waals surface area (Å²) < 4.78 is 5.10. The second-order valence-corrected chi connectivity index (χ2v) is 6.12. The van der Waals surface area contributed by atoms with E-state index in [9.17, 15) is 14.4 Å². The van der Waals surface area contributed by atoms with E-state index >= 15 is 0 Å². The van der Waals surface area contributed by atoms with Gasteiger partial charge in [0.2, 0.25) is 5.78 Å². The molecule has 0 fully saturated rings. The van der Waals surface area contributed by atoms with Gasteiger partial charge in [-0.05, 0) is 50.6 Å². The maximum Gasteiger partial charge on any atom is 0.338 e. The Hall–Kier alpha value is -2.89. The number of carbonyl (C=O) groups excluding carboxylic acids is 3. The van der Waals surface area contributed by atoms with Crippen LogP contribution in [-0.4, -0.2) is 43.2 Å². The fourth-order valence-corrected chi connectivity index (χ4v) is 2.74. The number of esters is 1. The number of hydrogen-bond acceptors (Lipinski definition) is 5. The molecule has 1 aromatic carbocycles. The molecule has 0 saturated carbocycles. The van der Waals surface area contributed by atoms with Crippen LogP contribution in [0.1, 0.15) is 49.4 Å². The molecule has 1 N–H and O–H groups in total. The summed E-state index contributed by atoms with van der Waals surface area (Å²) >= 11 is 0. The molecule has 25 heavy (non-hydrogen) atoms. The van der Waals surface area contributed by atoms with E-state index in [1.807, 2.05) is 19.0 Å². The normalized spacial score (nSPS) is 10.4. The van der Waals surface area contributed by atoms with E-state index in [-0.39, 0.29) is 18.2 Å². The van der Waals surface area contributed by atoms with Gasteiger partial charge in [-0.25, -0.2) is 4.79 Å². The summed E-state index contributed by atoms with van der Waals surface area (Å²) in [5.41, 5.74) is 3.37. The number of aromatic nitrogens is 1. The first kappa shape index (κ1) is 18.4. The Morgan fingerprint density at radius 1 is 1.08 bits per heavy atom. The van der Waals surface area contributed by atoms with Gasteiger partial charge < -0.3 is 14.6 Å². The van der Waals surface area contributed by atoms with Gasteiger partial charge in [-0.1, -0.05) is 0 Å². The summed E-state index contributed by atoms with van der Waals surface area (Å²) in [4.78, 5) is 40.8. The molecule has 0 bridgehead atoms. The molecule has 0 atom stereocenters. The molecule has 6 heteroatoms. The predicted molar refractivity (Wildman–Crippen MR) is 95.7 cm³/mol. The van der Waals surface area contributed by atoms with Crippen molar-refractivity contribution in [2.75, 3.05) is 25.6 Å². The second kappa shape index (κ2) is 7.34. The van der Waals surface area contributed by atoms with Gasteiger partial charge in [-0.3, -0.25) is 9.59 Å². The molecule has 1 heterocycles. The number of Topliss-reactive ketones (excluding diaryl/α,β-unsaturated/α-hetero) is 2. The highest BCUT2D eigenvalue weighted by molar-refractivity contribution is 6.04. The van der Waals surface area contributed by atoms with Crippen molar-refractivity contribution in [3.05, 3.63) is 52.3 Å². The Morgan fingerprint density at radius 3 is 2.16 bits per heavy atom. The van der Waals surface area contributed by atoms with Crippen LogP contribution in [0.15, 0.2) is 24.3 Å². The summed E-state index contributed by atoms with van der Waals surface area (Å²) in [6, 6.07) is 6.91. The Kier molecular flexibility index (Phi) is 5.41. The third-order valence-electron chi connectivity index (χ3n) is 4.02. The van der Waals surface area contributed by atoms with E-state index in [1.54, 1.807) is 38.1 Å². The first-order valence-electron chi connectivity index (χ1n) is 7.90. The molecular weight excluding hydrogens is 320 g/mol. The SMILES string of the molecule is CC(=O)c1c(C)[nH]c(C(=O)COC(=O)c2ccc(N(C)C)cc2)c1C. The highest BCUT2D eigenvalue weighted by Crippen LogP contribution is 2.19. The van der Waals surface area contributed by atoms with Crippen LogP contribution in [0.25, 0.3) is 0 Å². The molecule has 2 aromatic rings. The van der Waals surface area contributed by atoms with Crippen LogP contribution >= 0.6 is 0 Å². The van der Waals surface area contributed by atoms with Crippen LogP contribution in [0.3, 0.4) is 0 Å². The van der Waals surface area contributed by atoms with Crippen LogP contribution in [0.5, 0.6) is 0 Å². The topological polar surface area (TPSA) is 79.5 Å². The summed E-state index contributed by atoms with van der Waals surface area (Å²) in [6.07, 6.45) is 0. The van der Waals surface area contributed by atoms with Crippen LogP contribution < -0.4 is 4.90 Å². The molecular formula is C19H22N2O4. The molecule has 6 nitrogen and oxygen atoms in total. The lowest BCUT2D eigenvalue weighted by Gasteiger charge is -2.12. The molecule has 2 rings (SSSR count). The van der Waals surface area contributed by atoms with E-state index in [0.717, 1.165) is 5.69 Å². The van der Waals surface area contributed by atoms with Gasteiger partial charge in [-0.15, -0.1) is 0 Å². The molecule has 0 radical (unpaired) electrons. The van der Waals surface area contributed by atoms with Gasteiger partial charge in [0.05, 0.1) is 11.3 Å². The number of ether oxygens (including phenoxy) is 1. The van der Waals surface area contributed by atoms with Gasteiger partial charge in [0.15, 0.2) is 12.4 Å². The minimum atomic E-state index is -0.564. The number of anilines is 1. The van der Waals surface area contributed by atoms with Crippen LogP contribution in [0.2, 0.25) is 0 Å². The Labute approximate surface area is 146 Å². The summed E-state index contributed by atoms with van der Waals surface area (Å²) in [6.45, 7) is 4.51. The number of aromatic amines is 1. The Morgan fingerprint density at radius 2 is 1.68 bits per heavy atom. The number of ketones is 2. The molecule has 0 aliphatic rings. The number of carbonyl (C=O) groups is 3. The monoisotopic (exact) mass is 342 g/mol. The van der Waals surface area contributed by atoms with E-state index in [2.05, 4.69) is 4.98 Å². The van der Waals surface area contributed by atoms with E-state index in [1.165, 1.54) is 6.92 Å². The lowest BCUT2D eigenvalue weighted by Crippen LogP contribution is -2.16. The number of benzene rings is 1. The first-order chi connectivity index (χ1) is 11.7. The van der Waals surface area contributed by atoms with Crippen molar-refractivity contribution < 1.29 is 19.1 Å². The minimum absolute atomic E-state index is 0.108. The van der Waals surface area contributed by atoms with Crippen LogP contribution in [0, 0.1) is 13.8 Å². The lowest BCUT2D eigenvalue weighted by molar-refractivity contribution is 0.0473. The van der Waals surface area contributed by atoms with E-state index < -0.39 is 5.97 Å². The van der Waals surface area contributed by atoms with Crippen molar-refractivity contribution in [1.82, 2.24) is 4.98 Å². The Bertz CT molecular complexity index is 817. The molecule has 1 aromatic heterocycles. The Balaban J connectivity index is 2.06. The van der Waals surface area contributed by atoms with Crippen molar-refractivity contribution in [1.29, 1.82) is 0 Å². The van der Waals surface area contributed by atoms with Crippen LogP contribution in [-0.2, 0) is 4.74 Å². The number of rotatable bonds is 6. The van der Waals surface area contributed by atoms with Gasteiger partial charge in [-0.2, -0.15) is 0 Å². The highest BCUT2D eigenvalue weighted by atomic mass is 16.5. The van der Waals surface area contributed by atoms with Crippen molar-refractivity contribution in [3.63, 3.8) is 0 Å². The summed E-state index contributed by atoms with van der Waals surface area (Å²) in [5, 5.41) is 0. The minimum Gasteiger partial charge on any atom is -0.454 e. The van der Waals surface area contributed by atoms with Crippen molar-refractivity contribution in [2.24, 2.45) is 0 Å². The zero-order valence-electron chi connectivity index (χ0n) is 15.1. The standard InChI is InChI=1S/C19H22N2O4/c1-11-17(13(3)22)12(2)20-18(11)16(23)10-25-19(24)14-6-8-15(9-7-14)21(4)5/h6-9,20H,10H2,1-5H3. The fraction of sp³-hybridized carbons (Fsp3) is 0.316. The zero-order valence-corrected chi connectivity index (χ0v) is 15.1. The number of nitrogens with one attached hydrogen (secondary N) is 1. The van der Waals surface area contributed by atoms with Crippen molar-refractivity contribution >= 4 is 23.2 Å². The number of H-pyrrole nitrogens is 1. The average molecular weight is 342 g/mol. The van der Waals surface area contributed by atoms with Crippen LogP contribution in [0.4, 0.5) is 5.69 Å². The molecule has 132 valence electrons. The summed E-state index contributed by atoms with van der Waals surface area (Å²) in [7, 11) is 3.81. The largest absolute Gasteiger partial charge is 0.454 e. The molecule has 0 aliphatic carbocycles. The maximum atomic E-state index is 12.3. The number of hydrogen-bond donors (Lipinski definition) is 1. The van der Waals surface area contributed by atoms with Crippen molar-refractivity contribution in [2.45, 2.75) is 20.8 Å². The molecule has 0 spiro atoms. The average Bonchev–Trinajstić information content (AvgIpc) is 2.87. The molecule has 0 amide bonds. The van der Waals surface area contributed by atoms with Gasteiger partial charge >= 0.3 is 5.97 Å². The van der Waals surface area contributed by atoms with E-state index in [0.29, 0.717) is 28.1 Å². The maximum absolute atomic E-state index is 12.3. The van der Waals surface area contributed by atoms with Gasteiger partial charge in [0.1, 0.15) is 0 Å². The quantitative estimate of drug-likeness (QED) is 0.645. The first-order valence-corrected chi connectivity index (χ1v) is 7.90. The van der Waals surface area contributed by atoms with Gasteiger partial charge in [0.25, 0.3) is 0 Å². The molecule has 0 saturated heterocycles. The highest BCUT2D eigenvalue weighted by Gasteiger charge is 2.21. The zero-order chi connectivity index (χ0) is 18.7.